The first-order chi connectivity index (χ1) is 8.56. The molecule has 0 bridgehead atoms. The van der Waals surface area contributed by atoms with Crippen molar-refractivity contribution in [1.29, 1.82) is 0 Å². The number of hydrogen-bond donors (Lipinski definition) is 2. The zero-order chi connectivity index (χ0) is 13.2. The van der Waals surface area contributed by atoms with Crippen LogP contribution in [0, 0.1) is 5.92 Å². The minimum Gasteiger partial charge on any atom is -0.396 e. The Kier molecular flexibility index (Phi) is 4.04. The van der Waals surface area contributed by atoms with Gasteiger partial charge in [0.2, 0.25) is 0 Å². The smallest absolute Gasteiger partial charge is 0.259 e. The maximum Gasteiger partial charge on any atom is 0.259 e. The number of aliphatic hydroxyl groups is 1. The van der Waals surface area contributed by atoms with E-state index >= 15 is 0 Å². The lowest BCUT2D eigenvalue weighted by Gasteiger charge is -2.18. The highest BCUT2D eigenvalue weighted by atomic mass is 32.2. The van der Waals surface area contributed by atoms with Crippen LogP contribution in [0.2, 0.25) is 0 Å². The molecule has 1 saturated carbocycles. The average molecular weight is 273 g/mol. The van der Waals surface area contributed by atoms with Gasteiger partial charge in [0.25, 0.3) is 10.0 Å². The average Bonchev–Trinajstić information content (AvgIpc) is 2.96. The summed E-state index contributed by atoms with van der Waals surface area (Å²) >= 11 is 0. The van der Waals surface area contributed by atoms with Crippen molar-refractivity contribution in [3.63, 3.8) is 0 Å². The highest BCUT2D eigenvalue weighted by Gasteiger charge is 2.31. The predicted molar refractivity (Wildman–Crippen MR) is 66.4 cm³/mol. The molecule has 2 N–H and O–H groups in total. The van der Waals surface area contributed by atoms with Crippen molar-refractivity contribution in [2.75, 3.05) is 6.61 Å². The fraction of sp³-hybridized carbons (Fsp3) is 0.727. The minimum absolute atomic E-state index is 0.0213. The summed E-state index contributed by atoms with van der Waals surface area (Å²) in [6.45, 7) is 2.63. The van der Waals surface area contributed by atoms with Crippen molar-refractivity contribution < 1.29 is 13.5 Å². The number of sulfonamides is 1. The van der Waals surface area contributed by atoms with E-state index in [0.29, 0.717) is 6.54 Å². The van der Waals surface area contributed by atoms with Gasteiger partial charge >= 0.3 is 0 Å². The first-order valence-electron chi connectivity index (χ1n) is 6.21. The predicted octanol–water partition coefficient (Wildman–Crippen LogP) is 0.342. The lowest BCUT2D eigenvalue weighted by Crippen LogP contribution is -2.38. The van der Waals surface area contributed by atoms with Crippen molar-refractivity contribution in [1.82, 2.24) is 14.3 Å². The fourth-order valence-electron chi connectivity index (χ4n) is 2.32. The lowest BCUT2D eigenvalue weighted by atomic mass is 10.1. The highest BCUT2D eigenvalue weighted by Crippen LogP contribution is 2.26. The van der Waals surface area contributed by atoms with Crippen LogP contribution in [0.4, 0.5) is 0 Å². The van der Waals surface area contributed by atoms with Crippen LogP contribution in [0.25, 0.3) is 0 Å². The molecule has 0 aliphatic heterocycles. The second-order valence-corrected chi connectivity index (χ2v) is 6.30. The number of imidazole rings is 1. The van der Waals surface area contributed by atoms with Gasteiger partial charge in [-0.15, -0.1) is 0 Å². The lowest BCUT2D eigenvalue weighted by molar-refractivity contribution is 0.213. The van der Waals surface area contributed by atoms with Crippen molar-refractivity contribution >= 4 is 10.0 Å². The van der Waals surface area contributed by atoms with Crippen LogP contribution in [0.3, 0.4) is 0 Å². The molecule has 0 amide bonds. The maximum atomic E-state index is 12.1. The summed E-state index contributed by atoms with van der Waals surface area (Å²) in [5.74, 6) is 0.0213. The molecule has 0 saturated heterocycles. The first-order valence-corrected chi connectivity index (χ1v) is 7.70. The number of hydrogen-bond acceptors (Lipinski definition) is 4. The molecule has 1 aliphatic rings. The Bertz CT molecular complexity index is 497. The molecule has 0 spiro atoms. The molecule has 6 nitrogen and oxygen atoms in total. The van der Waals surface area contributed by atoms with Gasteiger partial charge in [-0.2, -0.15) is 0 Å². The van der Waals surface area contributed by atoms with Crippen LogP contribution in [0.15, 0.2) is 17.6 Å². The molecule has 2 rings (SSSR count). The van der Waals surface area contributed by atoms with E-state index in [-0.39, 0.29) is 23.6 Å². The van der Waals surface area contributed by atoms with Gasteiger partial charge in [0, 0.05) is 25.4 Å². The van der Waals surface area contributed by atoms with Crippen LogP contribution in [-0.2, 0) is 16.6 Å². The molecule has 1 aromatic heterocycles. The molecule has 1 fully saturated rings. The van der Waals surface area contributed by atoms with E-state index in [1.54, 1.807) is 4.57 Å². The molecule has 0 radical (unpaired) electrons. The van der Waals surface area contributed by atoms with E-state index in [0.717, 1.165) is 19.3 Å². The van der Waals surface area contributed by atoms with Crippen molar-refractivity contribution in [3.8, 4) is 0 Å². The number of aliphatic hydroxyl groups excluding tert-OH is 1. The van der Waals surface area contributed by atoms with Gasteiger partial charge in [-0.3, -0.25) is 0 Å². The number of rotatable bonds is 5. The monoisotopic (exact) mass is 273 g/mol. The van der Waals surface area contributed by atoms with Gasteiger partial charge < -0.3 is 9.67 Å². The molecule has 0 aromatic carbocycles. The van der Waals surface area contributed by atoms with Crippen LogP contribution >= 0.6 is 0 Å². The standard InChI is InChI=1S/C11H19N3O3S/c1-2-14-6-11(12-8-14)18(16,17)13-10-5-3-4-9(10)7-15/h6,8-10,13,15H,2-5,7H2,1H3. The SMILES string of the molecule is CCn1cnc(S(=O)(=O)NC2CCCC2CO)c1. The molecule has 1 aliphatic carbocycles. The third-order valence-electron chi connectivity index (χ3n) is 3.45. The molecule has 2 unspecified atom stereocenters. The summed E-state index contributed by atoms with van der Waals surface area (Å²) < 4.78 is 28.6. The van der Waals surface area contributed by atoms with Crippen molar-refractivity contribution in [3.05, 3.63) is 12.5 Å². The van der Waals surface area contributed by atoms with E-state index in [1.807, 2.05) is 6.92 Å². The Labute approximate surface area is 107 Å². The molecule has 18 heavy (non-hydrogen) atoms. The van der Waals surface area contributed by atoms with Crippen LogP contribution in [0.5, 0.6) is 0 Å². The Morgan fingerprint density at radius 1 is 1.56 bits per heavy atom. The second-order valence-electron chi connectivity index (χ2n) is 4.64. The van der Waals surface area contributed by atoms with Crippen LogP contribution in [-0.4, -0.2) is 35.7 Å². The molecule has 1 heterocycles. The second kappa shape index (κ2) is 5.38. The van der Waals surface area contributed by atoms with Crippen LogP contribution in [0.1, 0.15) is 26.2 Å². The summed E-state index contributed by atoms with van der Waals surface area (Å²) in [5, 5.41) is 9.24. The Hall–Kier alpha value is -0.920. The molecule has 2 atom stereocenters. The van der Waals surface area contributed by atoms with Gasteiger partial charge in [0.05, 0.1) is 6.33 Å². The summed E-state index contributed by atoms with van der Waals surface area (Å²) in [5.41, 5.74) is 0. The first kappa shape index (κ1) is 13.5. The third-order valence-corrected chi connectivity index (χ3v) is 4.82. The van der Waals surface area contributed by atoms with Crippen LogP contribution < -0.4 is 4.72 Å². The van der Waals surface area contributed by atoms with E-state index < -0.39 is 10.0 Å². The largest absolute Gasteiger partial charge is 0.396 e. The topological polar surface area (TPSA) is 84.2 Å². The van der Waals surface area contributed by atoms with E-state index in [2.05, 4.69) is 9.71 Å². The Morgan fingerprint density at radius 3 is 2.94 bits per heavy atom. The molecule has 102 valence electrons. The summed E-state index contributed by atoms with van der Waals surface area (Å²) in [6, 6.07) is -0.174. The van der Waals surface area contributed by atoms with Gasteiger partial charge in [-0.05, 0) is 25.7 Å². The summed E-state index contributed by atoms with van der Waals surface area (Å²) in [4.78, 5) is 3.90. The van der Waals surface area contributed by atoms with Crippen molar-refractivity contribution in [2.45, 2.75) is 43.8 Å². The fourth-order valence-corrected chi connectivity index (χ4v) is 3.61. The molecular formula is C11H19N3O3S. The molecule has 7 heteroatoms. The zero-order valence-electron chi connectivity index (χ0n) is 10.4. The van der Waals surface area contributed by atoms with Gasteiger partial charge in [0.1, 0.15) is 0 Å². The summed E-state index contributed by atoms with van der Waals surface area (Å²) in [7, 11) is -3.57. The Morgan fingerprint density at radius 2 is 2.33 bits per heavy atom. The number of aryl methyl sites for hydroxylation is 1. The number of nitrogens with one attached hydrogen (secondary N) is 1. The quantitative estimate of drug-likeness (QED) is 0.810. The zero-order valence-corrected chi connectivity index (χ0v) is 11.2. The number of nitrogens with zero attached hydrogens (tertiary/aromatic N) is 2. The highest BCUT2D eigenvalue weighted by molar-refractivity contribution is 7.89. The van der Waals surface area contributed by atoms with Crippen molar-refractivity contribution in [2.24, 2.45) is 5.92 Å². The molecule has 1 aromatic rings. The third kappa shape index (κ3) is 2.73. The molecular weight excluding hydrogens is 254 g/mol. The van der Waals surface area contributed by atoms with E-state index in [4.69, 9.17) is 0 Å². The van der Waals surface area contributed by atoms with Gasteiger partial charge in [-0.25, -0.2) is 18.1 Å². The minimum atomic E-state index is -3.57. The van der Waals surface area contributed by atoms with Gasteiger partial charge in [0.15, 0.2) is 5.03 Å². The maximum absolute atomic E-state index is 12.1. The van der Waals surface area contributed by atoms with Gasteiger partial charge in [-0.1, -0.05) is 6.42 Å². The summed E-state index contributed by atoms with van der Waals surface area (Å²) in [6.07, 6.45) is 5.62. The number of aromatic nitrogens is 2. The Balaban J connectivity index is 2.11. The van der Waals surface area contributed by atoms with E-state index in [1.165, 1.54) is 12.5 Å². The van der Waals surface area contributed by atoms with E-state index in [9.17, 15) is 13.5 Å². The normalized spacial score (nSPS) is 24.6.